The van der Waals surface area contributed by atoms with Gasteiger partial charge in [-0.1, -0.05) is 30.3 Å². The van der Waals surface area contributed by atoms with Gasteiger partial charge in [0.25, 0.3) is 0 Å². The Morgan fingerprint density at radius 2 is 1.15 bits per heavy atom. The van der Waals surface area contributed by atoms with E-state index in [-0.39, 0.29) is 11.6 Å². The Balaban J connectivity index is 0.000000240. The molecule has 2 heterocycles. The zero-order valence-electron chi connectivity index (χ0n) is 23.4. The highest BCUT2D eigenvalue weighted by Gasteiger charge is 2.30. The predicted octanol–water partition coefficient (Wildman–Crippen LogP) is 4.94. The molecule has 3 rings (SSSR count). The Labute approximate surface area is 209 Å². The maximum atomic E-state index is 11.9. The summed E-state index contributed by atoms with van der Waals surface area (Å²) < 4.78 is 5.37. The van der Waals surface area contributed by atoms with Gasteiger partial charge in [-0.15, -0.1) is 0 Å². The van der Waals surface area contributed by atoms with Crippen molar-refractivity contribution >= 4 is 6.09 Å². The number of nitrogens with zero attached hydrogens (tertiary/aromatic N) is 4. The molecular weight excluding hydrogens is 424 g/mol. The maximum Gasteiger partial charge on any atom is 0.410 e. The molecule has 2 aliphatic heterocycles. The summed E-state index contributed by atoms with van der Waals surface area (Å²) in [4.78, 5) is 21.2. The van der Waals surface area contributed by atoms with E-state index in [4.69, 9.17) is 4.74 Å². The van der Waals surface area contributed by atoms with Crippen LogP contribution in [-0.4, -0.2) is 94.7 Å². The minimum absolute atomic E-state index is 0.181. The average molecular weight is 475 g/mol. The van der Waals surface area contributed by atoms with Crippen molar-refractivity contribution in [2.45, 2.75) is 85.5 Å². The van der Waals surface area contributed by atoms with Gasteiger partial charge < -0.3 is 9.64 Å². The highest BCUT2D eigenvalue weighted by Crippen LogP contribution is 2.18. The van der Waals surface area contributed by atoms with Crippen LogP contribution in [0.15, 0.2) is 30.3 Å². The first kappa shape index (κ1) is 28.6. The third kappa shape index (κ3) is 9.93. The van der Waals surface area contributed by atoms with Gasteiger partial charge in [0.05, 0.1) is 0 Å². The summed E-state index contributed by atoms with van der Waals surface area (Å²) in [5, 5.41) is 0. The molecule has 0 N–H and O–H groups in total. The Morgan fingerprint density at radius 3 is 1.56 bits per heavy atom. The summed E-state index contributed by atoms with van der Waals surface area (Å²) in [5.74, 6) is 0. The average Bonchev–Trinajstić information content (AvgIpc) is 2.73. The highest BCUT2D eigenvalue weighted by atomic mass is 16.6. The monoisotopic (exact) mass is 474 g/mol. The van der Waals surface area contributed by atoms with Crippen molar-refractivity contribution in [1.29, 1.82) is 0 Å². The Hall–Kier alpha value is -1.63. The molecule has 34 heavy (non-hydrogen) atoms. The molecule has 0 bridgehead atoms. The van der Waals surface area contributed by atoms with Crippen LogP contribution in [0.25, 0.3) is 0 Å². The van der Waals surface area contributed by atoms with E-state index < -0.39 is 5.60 Å². The first-order valence-corrected chi connectivity index (χ1v) is 12.9. The number of carbonyl (C=O) groups excluding carboxylic acids is 1. The zero-order valence-corrected chi connectivity index (χ0v) is 23.4. The minimum Gasteiger partial charge on any atom is -0.444 e. The summed E-state index contributed by atoms with van der Waals surface area (Å²) in [6, 6.07) is 10.8. The number of rotatable bonds is 2. The molecule has 0 aliphatic carbocycles. The van der Waals surface area contributed by atoms with Crippen LogP contribution in [0.5, 0.6) is 0 Å². The van der Waals surface area contributed by atoms with Crippen LogP contribution >= 0.6 is 0 Å². The molecule has 0 aromatic heterocycles. The van der Waals surface area contributed by atoms with Crippen LogP contribution in [0.2, 0.25) is 0 Å². The second-order valence-corrected chi connectivity index (χ2v) is 12.5. The van der Waals surface area contributed by atoms with E-state index in [1.807, 2.05) is 20.8 Å². The molecule has 2 aliphatic rings. The second kappa shape index (κ2) is 11.9. The minimum atomic E-state index is -0.405. The number of carbonyl (C=O) groups is 1. The van der Waals surface area contributed by atoms with Crippen LogP contribution in [0.4, 0.5) is 4.79 Å². The van der Waals surface area contributed by atoms with Gasteiger partial charge in [-0.3, -0.25) is 14.7 Å². The van der Waals surface area contributed by atoms with Crippen molar-refractivity contribution in [3.05, 3.63) is 35.9 Å². The van der Waals surface area contributed by atoms with E-state index in [1.54, 1.807) is 4.90 Å². The van der Waals surface area contributed by atoms with Gasteiger partial charge in [0.2, 0.25) is 0 Å². The first-order chi connectivity index (χ1) is 15.6. The lowest BCUT2D eigenvalue weighted by molar-refractivity contribution is 0.00421. The van der Waals surface area contributed by atoms with E-state index >= 15 is 0 Å². The van der Waals surface area contributed by atoms with Gasteiger partial charge in [-0.05, 0) is 67.9 Å². The molecule has 6 nitrogen and oxygen atoms in total. The summed E-state index contributed by atoms with van der Waals surface area (Å²) in [7, 11) is 0. The number of ether oxygens (including phenoxy) is 1. The van der Waals surface area contributed by atoms with Gasteiger partial charge in [0, 0.05) is 70.0 Å². The number of hydrogen-bond acceptors (Lipinski definition) is 5. The van der Waals surface area contributed by atoms with E-state index in [1.165, 1.54) is 31.7 Å². The van der Waals surface area contributed by atoms with Crippen LogP contribution in [0.3, 0.4) is 0 Å². The largest absolute Gasteiger partial charge is 0.444 e. The fraction of sp³-hybridized carbons (Fsp3) is 0.750. The van der Waals surface area contributed by atoms with Gasteiger partial charge in [0.1, 0.15) is 5.60 Å². The fourth-order valence-corrected chi connectivity index (χ4v) is 4.30. The quantitative estimate of drug-likeness (QED) is 0.607. The molecule has 0 atom stereocenters. The predicted molar refractivity (Wildman–Crippen MR) is 142 cm³/mol. The molecule has 2 saturated heterocycles. The van der Waals surface area contributed by atoms with Crippen LogP contribution in [-0.2, 0) is 11.3 Å². The van der Waals surface area contributed by atoms with Crippen molar-refractivity contribution in [3.8, 4) is 0 Å². The zero-order chi connectivity index (χ0) is 25.6. The van der Waals surface area contributed by atoms with Gasteiger partial charge in [0.15, 0.2) is 0 Å². The molecule has 1 amide bonds. The van der Waals surface area contributed by atoms with Gasteiger partial charge in [-0.2, -0.15) is 0 Å². The van der Waals surface area contributed by atoms with Crippen molar-refractivity contribution in [1.82, 2.24) is 19.6 Å². The molecule has 2 fully saturated rings. The lowest BCUT2D eigenvalue weighted by Crippen LogP contribution is -2.55. The third-order valence-corrected chi connectivity index (χ3v) is 6.45. The number of benzene rings is 1. The third-order valence-electron chi connectivity index (χ3n) is 6.45. The number of piperazine rings is 2. The standard InChI is InChI=1S/C15H24N2.C13H26N2O2/c1-15(2,3)17-11-9-16(10-12-17)13-14-7-5-4-6-8-14;1-12(2,3)15-9-7-14(8-10-15)11(16)17-13(4,5)6/h4-8H,9-13H2,1-3H3;7-10H2,1-6H3. The lowest BCUT2D eigenvalue weighted by atomic mass is 10.0. The molecule has 194 valence electrons. The van der Waals surface area contributed by atoms with Crippen molar-refractivity contribution in [3.63, 3.8) is 0 Å². The number of amides is 1. The first-order valence-electron chi connectivity index (χ1n) is 12.9. The lowest BCUT2D eigenvalue weighted by Gasteiger charge is -2.42. The van der Waals surface area contributed by atoms with Crippen LogP contribution < -0.4 is 0 Å². The smallest absolute Gasteiger partial charge is 0.410 e. The molecular formula is C28H50N4O2. The van der Waals surface area contributed by atoms with Crippen molar-refractivity contribution in [2.24, 2.45) is 0 Å². The maximum absolute atomic E-state index is 11.9. The molecule has 1 aromatic rings. The summed E-state index contributed by atoms with van der Waals surface area (Å²) in [6.07, 6.45) is -0.189. The van der Waals surface area contributed by atoms with E-state index in [0.29, 0.717) is 5.54 Å². The van der Waals surface area contributed by atoms with Crippen molar-refractivity contribution in [2.75, 3.05) is 52.4 Å². The molecule has 0 saturated carbocycles. The molecule has 0 unspecified atom stereocenters. The summed E-state index contributed by atoms with van der Waals surface area (Å²) >= 11 is 0. The Bertz CT molecular complexity index is 730. The van der Waals surface area contributed by atoms with E-state index in [0.717, 1.165) is 32.7 Å². The molecule has 0 spiro atoms. The van der Waals surface area contributed by atoms with E-state index in [9.17, 15) is 4.79 Å². The summed E-state index contributed by atoms with van der Waals surface area (Å²) in [6.45, 7) is 28.4. The van der Waals surface area contributed by atoms with Gasteiger partial charge in [-0.25, -0.2) is 4.79 Å². The number of hydrogen-bond donors (Lipinski definition) is 0. The molecule has 1 aromatic carbocycles. The topological polar surface area (TPSA) is 39.3 Å². The van der Waals surface area contributed by atoms with Gasteiger partial charge >= 0.3 is 6.09 Å². The molecule has 0 radical (unpaired) electrons. The SMILES string of the molecule is CC(C)(C)N1CCN(Cc2ccccc2)CC1.CC(C)(C)OC(=O)N1CCN(C(C)(C)C)CC1. The van der Waals surface area contributed by atoms with Crippen LogP contribution in [0.1, 0.15) is 67.9 Å². The highest BCUT2D eigenvalue weighted by molar-refractivity contribution is 5.68. The van der Waals surface area contributed by atoms with Crippen molar-refractivity contribution < 1.29 is 9.53 Å². The van der Waals surface area contributed by atoms with E-state index in [2.05, 4.69) is 86.6 Å². The Morgan fingerprint density at radius 1 is 0.706 bits per heavy atom. The fourth-order valence-electron chi connectivity index (χ4n) is 4.30. The van der Waals surface area contributed by atoms with Crippen LogP contribution in [0, 0.1) is 0 Å². The summed E-state index contributed by atoms with van der Waals surface area (Å²) in [5.41, 5.74) is 1.52. The molecule has 6 heteroatoms. The normalized spacial score (nSPS) is 19.4. The Kier molecular flexibility index (Phi) is 9.99. The second-order valence-electron chi connectivity index (χ2n) is 12.5.